The maximum absolute atomic E-state index is 2.26. The third kappa shape index (κ3) is 7.45. The average molecular weight is 299 g/mol. The highest BCUT2D eigenvalue weighted by Crippen LogP contribution is 2.24. The summed E-state index contributed by atoms with van der Waals surface area (Å²) in [5.41, 5.74) is 5.41. The molecule has 2 aromatic carbocycles. The van der Waals surface area contributed by atoms with Crippen molar-refractivity contribution in [2.75, 3.05) is 0 Å². The fourth-order valence-electron chi connectivity index (χ4n) is 1.90. The van der Waals surface area contributed by atoms with E-state index in [4.69, 9.17) is 0 Å². The van der Waals surface area contributed by atoms with Crippen LogP contribution in [0.4, 0.5) is 0 Å². The second-order valence-corrected chi connectivity index (χ2v) is 5.54. The number of benzene rings is 2. The van der Waals surface area contributed by atoms with Gasteiger partial charge >= 0.3 is 0 Å². The molecule has 0 amide bonds. The summed E-state index contributed by atoms with van der Waals surface area (Å²) in [6.07, 6.45) is 2.64. The van der Waals surface area contributed by atoms with Gasteiger partial charge in [-0.05, 0) is 25.0 Å². The molecule has 0 aliphatic carbocycles. The lowest BCUT2D eigenvalue weighted by molar-refractivity contribution is 0.886. The van der Waals surface area contributed by atoms with E-state index in [-0.39, 0.29) is 0 Å². The molecule has 0 atom stereocenters. The third-order valence-electron chi connectivity index (χ3n) is 3.65. The summed E-state index contributed by atoms with van der Waals surface area (Å²) in [5.74, 6) is 0.473. The van der Waals surface area contributed by atoms with Gasteiger partial charge < -0.3 is 0 Å². The van der Waals surface area contributed by atoms with Gasteiger partial charge in [0.05, 0.1) is 0 Å². The number of hydrogen-bond donors (Lipinski definition) is 0. The van der Waals surface area contributed by atoms with Gasteiger partial charge in [0.1, 0.15) is 0 Å². The molecule has 0 heteroatoms. The first-order chi connectivity index (χ1) is 10.6. The lowest BCUT2D eigenvalue weighted by Gasteiger charge is -2.12. The van der Waals surface area contributed by atoms with Gasteiger partial charge in [0, 0.05) is 5.92 Å². The SMILES string of the molecule is CC.CCCC.Cc1ccc(C(C)c2ccc(C)cc2)cc1. The van der Waals surface area contributed by atoms with Gasteiger partial charge in [-0.1, -0.05) is 107 Å². The summed E-state index contributed by atoms with van der Waals surface area (Å²) in [4.78, 5) is 0. The van der Waals surface area contributed by atoms with Crippen LogP contribution in [0.25, 0.3) is 0 Å². The Hall–Kier alpha value is -1.56. The van der Waals surface area contributed by atoms with E-state index in [0.717, 1.165) is 0 Å². The first kappa shape index (κ1) is 20.4. The molecule has 122 valence electrons. The van der Waals surface area contributed by atoms with Gasteiger partial charge in [-0.3, -0.25) is 0 Å². The normalized spacial score (nSPS) is 9.45. The van der Waals surface area contributed by atoms with Crippen molar-refractivity contribution in [1.29, 1.82) is 0 Å². The lowest BCUT2D eigenvalue weighted by Crippen LogP contribution is -1.95. The first-order valence-corrected chi connectivity index (χ1v) is 8.71. The van der Waals surface area contributed by atoms with Gasteiger partial charge in [-0.25, -0.2) is 0 Å². The molecule has 0 aliphatic heterocycles. The Morgan fingerprint density at radius 1 is 0.636 bits per heavy atom. The van der Waals surface area contributed by atoms with Crippen molar-refractivity contribution in [3.05, 3.63) is 70.8 Å². The van der Waals surface area contributed by atoms with Gasteiger partial charge in [0.25, 0.3) is 0 Å². The summed E-state index contributed by atoms with van der Waals surface area (Å²) in [5, 5.41) is 0. The summed E-state index contributed by atoms with van der Waals surface area (Å²) in [7, 11) is 0. The van der Waals surface area contributed by atoms with E-state index in [1.54, 1.807) is 0 Å². The molecule has 0 nitrogen and oxygen atoms in total. The Balaban J connectivity index is 0.000000640. The molecule has 0 aliphatic rings. The van der Waals surface area contributed by atoms with Crippen molar-refractivity contribution in [3.63, 3.8) is 0 Å². The molecule has 0 fully saturated rings. The van der Waals surface area contributed by atoms with Crippen molar-refractivity contribution in [2.45, 2.75) is 67.2 Å². The molecule has 0 saturated carbocycles. The first-order valence-electron chi connectivity index (χ1n) is 8.71. The van der Waals surface area contributed by atoms with E-state index in [0.29, 0.717) is 5.92 Å². The highest BCUT2D eigenvalue weighted by atomic mass is 14.1. The summed E-state index contributed by atoms with van der Waals surface area (Å²) < 4.78 is 0. The summed E-state index contributed by atoms with van der Waals surface area (Å²) in [6, 6.07) is 17.6. The number of unbranched alkanes of at least 4 members (excludes halogenated alkanes) is 1. The smallest absolute Gasteiger partial charge is 0.00610 e. The maximum atomic E-state index is 2.26. The zero-order valence-corrected chi connectivity index (χ0v) is 15.6. The Morgan fingerprint density at radius 2 is 0.909 bits per heavy atom. The second-order valence-electron chi connectivity index (χ2n) is 5.54. The number of aryl methyl sites for hydroxylation is 2. The largest absolute Gasteiger partial charge is 0.0683 e. The fourth-order valence-corrected chi connectivity index (χ4v) is 1.90. The molecule has 0 aromatic heterocycles. The van der Waals surface area contributed by atoms with Crippen LogP contribution in [-0.2, 0) is 0 Å². The minimum Gasteiger partial charge on any atom is -0.0683 e. The number of rotatable bonds is 3. The topological polar surface area (TPSA) is 0 Å². The van der Waals surface area contributed by atoms with Crippen LogP contribution in [0.2, 0.25) is 0 Å². The Labute approximate surface area is 138 Å². The molecular formula is C22H34. The van der Waals surface area contributed by atoms with Crippen molar-refractivity contribution in [2.24, 2.45) is 0 Å². The zero-order valence-electron chi connectivity index (χ0n) is 15.6. The van der Waals surface area contributed by atoms with E-state index in [1.807, 2.05) is 13.8 Å². The molecule has 0 radical (unpaired) electrons. The van der Waals surface area contributed by atoms with Crippen LogP contribution in [0.15, 0.2) is 48.5 Å². The maximum Gasteiger partial charge on any atom is 0.00610 e. The van der Waals surface area contributed by atoms with E-state index in [1.165, 1.54) is 35.1 Å². The summed E-state index contributed by atoms with van der Waals surface area (Å²) in [6.45, 7) is 14.9. The Morgan fingerprint density at radius 3 is 1.14 bits per heavy atom. The number of hydrogen-bond acceptors (Lipinski definition) is 0. The molecular weight excluding hydrogens is 264 g/mol. The van der Waals surface area contributed by atoms with Crippen LogP contribution >= 0.6 is 0 Å². The van der Waals surface area contributed by atoms with E-state index in [2.05, 4.69) is 83.1 Å². The van der Waals surface area contributed by atoms with Crippen LogP contribution in [0, 0.1) is 13.8 Å². The Kier molecular flexibility index (Phi) is 11.2. The molecule has 22 heavy (non-hydrogen) atoms. The van der Waals surface area contributed by atoms with E-state index in [9.17, 15) is 0 Å². The standard InChI is InChI=1S/C16H18.C4H10.C2H6/c1-12-4-8-15(9-5-12)14(3)16-10-6-13(2)7-11-16;1-3-4-2;1-2/h4-11,14H,1-3H3;3-4H2,1-2H3;1-2H3. The van der Waals surface area contributed by atoms with Crippen molar-refractivity contribution in [1.82, 2.24) is 0 Å². The monoisotopic (exact) mass is 298 g/mol. The molecule has 0 saturated heterocycles. The minimum absolute atomic E-state index is 0.473. The average Bonchev–Trinajstić information content (AvgIpc) is 2.58. The molecule has 0 bridgehead atoms. The predicted octanol–water partition coefficient (Wildman–Crippen LogP) is 7.29. The van der Waals surface area contributed by atoms with E-state index >= 15 is 0 Å². The van der Waals surface area contributed by atoms with Crippen LogP contribution in [0.5, 0.6) is 0 Å². The van der Waals surface area contributed by atoms with Crippen molar-refractivity contribution < 1.29 is 0 Å². The quantitative estimate of drug-likeness (QED) is 0.558. The molecule has 2 rings (SSSR count). The highest BCUT2D eigenvalue weighted by Gasteiger charge is 2.07. The van der Waals surface area contributed by atoms with Gasteiger partial charge in [0.15, 0.2) is 0 Å². The van der Waals surface area contributed by atoms with E-state index < -0.39 is 0 Å². The van der Waals surface area contributed by atoms with Gasteiger partial charge in [-0.15, -0.1) is 0 Å². The van der Waals surface area contributed by atoms with Gasteiger partial charge in [0.2, 0.25) is 0 Å². The van der Waals surface area contributed by atoms with Crippen LogP contribution in [0.1, 0.15) is 75.6 Å². The summed E-state index contributed by atoms with van der Waals surface area (Å²) >= 11 is 0. The molecule has 0 heterocycles. The van der Waals surface area contributed by atoms with Crippen molar-refractivity contribution >= 4 is 0 Å². The lowest BCUT2D eigenvalue weighted by atomic mass is 9.92. The fraction of sp³-hybridized carbons (Fsp3) is 0.455. The molecule has 0 N–H and O–H groups in total. The van der Waals surface area contributed by atoms with Gasteiger partial charge in [-0.2, -0.15) is 0 Å². The molecule has 2 aromatic rings. The van der Waals surface area contributed by atoms with Crippen LogP contribution < -0.4 is 0 Å². The molecule has 0 unspecified atom stereocenters. The molecule has 0 spiro atoms. The predicted molar refractivity (Wildman–Crippen MR) is 102 cm³/mol. The third-order valence-corrected chi connectivity index (χ3v) is 3.65. The Bertz CT molecular complexity index is 429. The van der Waals surface area contributed by atoms with Crippen LogP contribution in [0.3, 0.4) is 0 Å². The zero-order chi connectivity index (χ0) is 17.0. The van der Waals surface area contributed by atoms with Crippen LogP contribution in [-0.4, -0.2) is 0 Å². The second kappa shape index (κ2) is 12.0. The highest BCUT2D eigenvalue weighted by molar-refractivity contribution is 5.34. The van der Waals surface area contributed by atoms with Crippen molar-refractivity contribution in [3.8, 4) is 0 Å². The minimum atomic E-state index is 0.473.